The standard InChI is InChI=1S/C65H126O6/c1-5-7-9-11-13-15-17-19-21-23-24-26-27-32-36-40-44-48-52-56-63(66)69-59-62(71-65(68)58-54-50-46-42-38-34-28-25-22-20-18-16-14-12-10-8-6-2)60-70-64(67)57-53-49-45-41-37-33-30-29-31-35-39-43-47-51-55-61(3)4/h61-62H,5-60H2,1-4H3/t62-/m0/s1. The summed E-state index contributed by atoms with van der Waals surface area (Å²) in [5, 5.41) is 0. The zero-order valence-corrected chi connectivity index (χ0v) is 48.7. The van der Waals surface area contributed by atoms with Gasteiger partial charge in [0.2, 0.25) is 0 Å². The van der Waals surface area contributed by atoms with Crippen molar-refractivity contribution < 1.29 is 28.6 Å². The first kappa shape index (κ1) is 69.4. The predicted molar refractivity (Wildman–Crippen MR) is 307 cm³/mol. The summed E-state index contributed by atoms with van der Waals surface area (Å²) in [7, 11) is 0. The molecule has 0 saturated carbocycles. The maximum Gasteiger partial charge on any atom is 0.306 e. The van der Waals surface area contributed by atoms with E-state index in [0.29, 0.717) is 19.3 Å². The van der Waals surface area contributed by atoms with E-state index < -0.39 is 6.10 Å². The molecule has 0 heterocycles. The van der Waals surface area contributed by atoms with E-state index in [1.54, 1.807) is 0 Å². The van der Waals surface area contributed by atoms with Crippen molar-refractivity contribution in [3.8, 4) is 0 Å². The highest BCUT2D eigenvalue weighted by molar-refractivity contribution is 5.71. The third-order valence-corrected chi connectivity index (χ3v) is 15.0. The molecule has 0 aromatic heterocycles. The van der Waals surface area contributed by atoms with E-state index in [1.807, 2.05) is 0 Å². The van der Waals surface area contributed by atoms with Gasteiger partial charge in [-0.15, -0.1) is 0 Å². The molecule has 6 nitrogen and oxygen atoms in total. The molecule has 0 radical (unpaired) electrons. The van der Waals surface area contributed by atoms with Crippen LogP contribution < -0.4 is 0 Å². The molecule has 6 heteroatoms. The SMILES string of the molecule is CCCCCCCCCCCCCCCCCCCCCC(=O)OC[C@@H](COC(=O)CCCCCCCCCCCCCCCCC(C)C)OC(=O)CCCCCCCCCCCCCCCCCCC. The largest absolute Gasteiger partial charge is 0.462 e. The maximum atomic E-state index is 12.9. The van der Waals surface area contributed by atoms with E-state index in [1.165, 1.54) is 270 Å². The van der Waals surface area contributed by atoms with Gasteiger partial charge in [-0.1, -0.05) is 336 Å². The molecule has 71 heavy (non-hydrogen) atoms. The van der Waals surface area contributed by atoms with Gasteiger partial charge >= 0.3 is 17.9 Å². The molecular weight excluding hydrogens is 877 g/mol. The highest BCUT2D eigenvalue weighted by atomic mass is 16.6. The average molecular weight is 1000 g/mol. The summed E-state index contributed by atoms with van der Waals surface area (Å²) >= 11 is 0. The Labute approximate surface area is 444 Å². The van der Waals surface area contributed by atoms with E-state index >= 15 is 0 Å². The molecule has 0 fully saturated rings. The molecule has 0 bridgehead atoms. The first-order chi connectivity index (χ1) is 34.9. The van der Waals surface area contributed by atoms with Crippen molar-refractivity contribution in [2.45, 2.75) is 381 Å². The monoisotopic (exact) mass is 1000 g/mol. The molecular formula is C65H126O6. The molecule has 0 amide bonds. The lowest BCUT2D eigenvalue weighted by Crippen LogP contribution is -2.30. The molecule has 0 spiro atoms. The second kappa shape index (κ2) is 59.3. The number of ether oxygens (including phenoxy) is 3. The van der Waals surface area contributed by atoms with Crippen LogP contribution in [0.5, 0.6) is 0 Å². The fraction of sp³-hybridized carbons (Fsp3) is 0.954. The molecule has 0 aliphatic rings. The lowest BCUT2D eigenvalue weighted by atomic mass is 10.0. The van der Waals surface area contributed by atoms with Gasteiger partial charge in [-0.2, -0.15) is 0 Å². The highest BCUT2D eigenvalue weighted by Crippen LogP contribution is 2.19. The zero-order chi connectivity index (χ0) is 51.6. The second-order valence-corrected chi connectivity index (χ2v) is 22.9. The van der Waals surface area contributed by atoms with Crippen LogP contribution in [0, 0.1) is 5.92 Å². The van der Waals surface area contributed by atoms with Crippen LogP contribution in [-0.4, -0.2) is 37.2 Å². The smallest absolute Gasteiger partial charge is 0.306 e. The molecule has 1 atom stereocenters. The van der Waals surface area contributed by atoms with Crippen molar-refractivity contribution in [3.63, 3.8) is 0 Å². The molecule has 0 unspecified atom stereocenters. The van der Waals surface area contributed by atoms with Gasteiger partial charge in [-0.25, -0.2) is 0 Å². The van der Waals surface area contributed by atoms with Gasteiger partial charge in [0, 0.05) is 19.3 Å². The summed E-state index contributed by atoms with van der Waals surface area (Å²) in [6.07, 6.45) is 66.8. The van der Waals surface area contributed by atoms with Gasteiger partial charge in [0.25, 0.3) is 0 Å². The summed E-state index contributed by atoms with van der Waals surface area (Å²) in [6.45, 7) is 9.10. The molecule has 0 aromatic carbocycles. The van der Waals surface area contributed by atoms with E-state index in [2.05, 4.69) is 27.7 Å². The topological polar surface area (TPSA) is 78.9 Å². The first-order valence-corrected chi connectivity index (χ1v) is 32.4. The number of unbranched alkanes of at least 4 members (excludes halogenated alkanes) is 47. The normalized spacial score (nSPS) is 12.0. The molecule has 0 N–H and O–H groups in total. The van der Waals surface area contributed by atoms with Crippen LogP contribution >= 0.6 is 0 Å². The minimum absolute atomic E-state index is 0.0610. The van der Waals surface area contributed by atoms with Crippen LogP contribution in [0.15, 0.2) is 0 Å². The van der Waals surface area contributed by atoms with Crippen LogP contribution in [0.3, 0.4) is 0 Å². The minimum Gasteiger partial charge on any atom is -0.462 e. The minimum atomic E-state index is -0.763. The number of carbonyl (C=O) groups is 3. The summed E-state index contributed by atoms with van der Waals surface area (Å²) < 4.78 is 17.0. The molecule has 0 aliphatic carbocycles. The number of rotatable bonds is 60. The zero-order valence-electron chi connectivity index (χ0n) is 48.7. The van der Waals surface area contributed by atoms with Crippen molar-refractivity contribution in [3.05, 3.63) is 0 Å². The van der Waals surface area contributed by atoms with E-state index in [-0.39, 0.29) is 31.1 Å². The number of esters is 3. The third-order valence-electron chi connectivity index (χ3n) is 15.0. The lowest BCUT2D eigenvalue weighted by molar-refractivity contribution is -0.167. The van der Waals surface area contributed by atoms with Crippen molar-refractivity contribution in [1.29, 1.82) is 0 Å². The molecule has 422 valence electrons. The van der Waals surface area contributed by atoms with Gasteiger partial charge in [0.15, 0.2) is 6.10 Å². The fourth-order valence-corrected chi connectivity index (χ4v) is 10.2. The average Bonchev–Trinajstić information content (AvgIpc) is 3.36. The Morgan fingerprint density at radius 2 is 0.465 bits per heavy atom. The van der Waals surface area contributed by atoms with Gasteiger partial charge < -0.3 is 14.2 Å². The van der Waals surface area contributed by atoms with Crippen LogP contribution in [0.4, 0.5) is 0 Å². The van der Waals surface area contributed by atoms with Crippen molar-refractivity contribution in [2.24, 2.45) is 5.92 Å². The quantitative estimate of drug-likeness (QED) is 0.0343. The van der Waals surface area contributed by atoms with E-state index in [9.17, 15) is 14.4 Å². The summed E-state index contributed by atoms with van der Waals surface area (Å²) in [5.74, 6) is 0.0183. The Morgan fingerprint density at radius 1 is 0.268 bits per heavy atom. The molecule has 0 aliphatic heterocycles. The van der Waals surface area contributed by atoms with Crippen LogP contribution in [0.2, 0.25) is 0 Å². The van der Waals surface area contributed by atoms with E-state index in [4.69, 9.17) is 14.2 Å². The Morgan fingerprint density at radius 3 is 0.690 bits per heavy atom. The Kier molecular flexibility index (Phi) is 58.0. The molecule has 0 aromatic rings. The van der Waals surface area contributed by atoms with Gasteiger partial charge in [-0.05, 0) is 25.2 Å². The summed E-state index contributed by atoms with van der Waals surface area (Å²) in [5.41, 5.74) is 0. The Hall–Kier alpha value is -1.59. The predicted octanol–water partition coefficient (Wildman–Crippen LogP) is 21.7. The molecule has 0 rings (SSSR count). The number of hydrogen-bond acceptors (Lipinski definition) is 6. The van der Waals surface area contributed by atoms with Gasteiger partial charge in [0.05, 0.1) is 0 Å². The number of carbonyl (C=O) groups excluding carboxylic acids is 3. The van der Waals surface area contributed by atoms with Crippen LogP contribution in [-0.2, 0) is 28.6 Å². The molecule has 0 saturated heterocycles. The Balaban J connectivity index is 4.28. The third kappa shape index (κ3) is 59.2. The van der Waals surface area contributed by atoms with Crippen molar-refractivity contribution >= 4 is 17.9 Å². The first-order valence-electron chi connectivity index (χ1n) is 32.4. The fourth-order valence-electron chi connectivity index (χ4n) is 10.2. The van der Waals surface area contributed by atoms with Gasteiger partial charge in [-0.3, -0.25) is 14.4 Å². The summed E-state index contributed by atoms with van der Waals surface area (Å²) in [4.78, 5) is 38.3. The van der Waals surface area contributed by atoms with Gasteiger partial charge in [0.1, 0.15) is 13.2 Å². The lowest BCUT2D eigenvalue weighted by Gasteiger charge is -2.18. The summed E-state index contributed by atoms with van der Waals surface area (Å²) in [6, 6.07) is 0. The maximum absolute atomic E-state index is 12.9. The van der Waals surface area contributed by atoms with Crippen LogP contribution in [0.25, 0.3) is 0 Å². The van der Waals surface area contributed by atoms with E-state index in [0.717, 1.165) is 63.7 Å². The van der Waals surface area contributed by atoms with Crippen molar-refractivity contribution in [1.82, 2.24) is 0 Å². The van der Waals surface area contributed by atoms with Crippen LogP contribution in [0.1, 0.15) is 374 Å². The Bertz CT molecular complexity index is 1070. The number of hydrogen-bond donors (Lipinski definition) is 0. The van der Waals surface area contributed by atoms with Crippen molar-refractivity contribution in [2.75, 3.05) is 13.2 Å². The second-order valence-electron chi connectivity index (χ2n) is 22.9. The highest BCUT2D eigenvalue weighted by Gasteiger charge is 2.19.